The van der Waals surface area contributed by atoms with Gasteiger partial charge in [-0.05, 0) is 32.6 Å². The molecule has 0 atom stereocenters. The van der Waals surface area contributed by atoms with E-state index in [0.29, 0.717) is 5.82 Å². The summed E-state index contributed by atoms with van der Waals surface area (Å²) < 4.78 is 5.04. The molecular weight excluding hydrogens is 254 g/mol. The standard InChI is InChI=1S/C14H27N5O/c1-4-8-12-17-13(11(2)14(18-12)19-15)16-9-6-5-7-10-20-3/h4-10,15H2,1-3H3,(H2,16,17,18,19). The Morgan fingerprint density at radius 2 is 1.90 bits per heavy atom. The van der Waals surface area contributed by atoms with Crippen LogP contribution in [0.2, 0.25) is 0 Å². The lowest BCUT2D eigenvalue weighted by Crippen LogP contribution is -2.15. The van der Waals surface area contributed by atoms with Crippen LogP contribution in [0.1, 0.15) is 44.0 Å². The van der Waals surface area contributed by atoms with Crippen molar-refractivity contribution in [3.63, 3.8) is 0 Å². The number of rotatable bonds is 10. The van der Waals surface area contributed by atoms with E-state index >= 15 is 0 Å². The third-order valence-electron chi connectivity index (χ3n) is 3.12. The second-order valence-corrected chi connectivity index (χ2v) is 4.84. The van der Waals surface area contributed by atoms with Crippen molar-refractivity contribution in [2.24, 2.45) is 5.84 Å². The summed E-state index contributed by atoms with van der Waals surface area (Å²) in [5, 5.41) is 3.38. The summed E-state index contributed by atoms with van der Waals surface area (Å²) in [6.07, 6.45) is 5.22. The lowest BCUT2D eigenvalue weighted by molar-refractivity contribution is 0.192. The predicted molar refractivity (Wildman–Crippen MR) is 82.8 cm³/mol. The molecule has 0 aliphatic rings. The Hall–Kier alpha value is -1.40. The first-order valence-corrected chi connectivity index (χ1v) is 7.29. The van der Waals surface area contributed by atoms with Crippen molar-refractivity contribution < 1.29 is 4.74 Å². The number of nitrogens with one attached hydrogen (secondary N) is 2. The number of ether oxygens (including phenoxy) is 1. The number of hydrogen-bond donors (Lipinski definition) is 3. The van der Waals surface area contributed by atoms with E-state index in [9.17, 15) is 0 Å². The summed E-state index contributed by atoms with van der Waals surface area (Å²) >= 11 is 0. The summed E-state index contributed by atoms with van der Waals surface area (Å²) in [7, 11) is 1.74. The average molecular weight is 281 g/mol. The number of nitrogen functional groups attached to an aromatic ring is 1. The van der Waals surface area contributed by atoms with Gasteiger partial charge in [0, 0.05) is 32.2 Å². The molecule has 0 bridgehead atoms. The highest BCUT2D eigenvalue weighted by atomic mass is 16.5. The molecule has 20 heavy (non-hydrogen) atoms. The van der Waals surface area contributed by atoms with E-state index < -0.39 is 0 Å². The van der Waals surface area contributed by atoms with Crippen LogP contribution in [0.15, 0.2) is 0 Å². The van der Waals surface area contributed by atoms with E-state index in [1.807, 2.05) is 6.92 Å². The summed E-state index contributed by atoms with van der Waals surface area (Å²) in [5.74, 6) is 7.92. The van der Waals surface area contributed by atoms with Gasteiger partial charge in [0.1, 0.15) is 17.5 Å². The fourth-order valence-electron chi connectivity index (χ4n) is 1.97. The quantitative estimate of drug-likeness (QED) is 0.346. The number of hydrazine groups is 1. The van der Waals surface area contributed by atoms with Crippen molar-refractivity contribution in [2.75, 3.05) is 31.0 Å². The number of hydrogen-bond acceptors (Lipinski definition) is 6. The Balaban J connectivity index is 2.56. The van der Waals surface area contributed by atoms with Crippen LogP contribution < -0.4 is 16.6 Å². The Labute approximate surface area is 121 Å². The highest BCUT2D eigenvalue weighted by molar-refractivity contribution is 5.56. The maximum Gasteiger partial charge on any atom is 0.148 e. The third-order valence-corrected chi connectivity index (χ3v) is 3.12. The van der Waals surface area contributed by atoms with Gasteiger partial charge in [0.25, 0.3) is 0 Å². The molecule has 0 spiro atoms. The Kier molecular flexibility index (Phi) is 7.91. The molecule has 0 unspecified atom stereocenters. The van der Waals surface area contributed by atoms with Crippen LogP contribution in [0.4, 0.5) is 11.6 Å². The van der Waals surface area contributed by atoms with Gasteiger partial charge < -0.3 is 15.5 Å². The van der Waals surface area contributed by atoms with E-state index in [4.69, 9.17) is 10.6 Å². The molecule has 1 aromatic heterocycles. The molecule has 114 valence electrons. The highest BCUT2D eigenvalue weighted by Gasteiger charge is 2.09. The molecule has 0 fully saturated rings. The molecule has 0 aromatic carbocycles. The summed E-state index contributed by atoms with van der Waals surface area (Å²) in [6.45, 7) is 5.81. The van der Waals surface area contributed by atoms with Crippen LogP contribution in [-0.2, 0) is 11.2 Å². The van der Waals surface area contributed by atoms with Crippen molar-refractivity contribution in [1.29, 1.82) is 0 Å². The maximum atomic E-state index is 5.51. The number of anilines is 2. The molecule has 0 amide bonds. The second-order valence-electron chi connectivity index (χ2n) is 4.84. The minimum absolute atomic E-state index is 0.699. The van der Waals surface area contributed by atoms with Gasteiger partial charge in [0.2, 0.25) is 0 Å². The SMILES string of the molecule is CCCc1nc(NN)c(C)c(NCCCCCOC)n1. The van der Waals surface area contributed by atoms with Crippen LogP contribution in [0.5, 0.6) is 0 Å². The number of aryl methyl sites for hydroxylation is 1. The van der Waals surface area contributed by atoms with Gasteiger partial charge in [0.05, 0.1) is 0 Å². The molecule has 6 heteroatoms. The molecule has 1 rings (SSSR count). The summed E-state index contributed by atoms with van der Waals surface area (Å²) in [5.41, 5.74) is 3.61. The smallest absolute Gasteiger partial charge is 0.148 e. The van der Waals surface area contributed by atoms with Gasteiger partial charge in [0.15, 0.2) is 0 Å². The lowest BCUT2D eigenvalue weighted by Gasteiger charge is -2.13. The van der Waals surface area contributed by atoms with E-state index in [-0.39, 0.29) is 0 Å². The summed E-state index contributed by atoms with van der Waals surface area (Å²) in [6, 6.07) is 0. The molecule has 1 heterocycles. The molecule has 1 aromatic rings. The normalized spacial score (nSPS) is 10.6. The van der Waals surface area contributed by atoms with Crippen molar-refractivity contribution in [3.8, 4) is 0 Å². The molecule has 0 aliphatic carbocycles. The van der Waals surface area contributed by atoms with E-state index in [1.165, 1.54) is 0 Å². The van der Waals surface area contributed by atoms with E-state index in [2.05, 4.69) is 27.6 Å². The van der Waals surface area contributed by atoms with Gasteiger partial charge >= 0.3 is 0 Å². The van der Waals surface area contributed by atoms with E-state index in [0.717, 1.165) is 62.5 Å². The maximum absolute atomic E-state index is 5.51. The van der Waals surface area contributed by atoms with Crippen LogP contribution >= 0.6 is 0 Å². The molecule has 6 nitrogen and oxygen atoms in total. The van der Waals surface area contributed by atoms with Crippen molar-refractivity contribution in [3.05, 3.63) is 11.4 Å². The molecular formula is C14H27N5O. The first-order valence-electron chi connectivity index (χ1n) is 7.29. The highest BCUT2D eigenvalue weighted by Crippen LogP contribution is 2.19. The first kappa shape index (κ1) is 16.7. The molecule has 0 radical (unpaired) electrons. The monoisotopic (exact) mass is 281 g/mol. The molecule has 0 aliphatic heterocycles. The lowest BCUT2D eigenvalue weighted by atomic mass is 10.2. The van der Waals surface area contributed by atoms with Gasteiger partial charge in [-0.1, -0.05) is 6.92 Å². The number of methoxy groups -OCH3 is 1. The second kappa shape index (κ2) is 9.50. The largest absolute Gasteiger partial charge is 0.385 e. The van der Waals surface area contributed by atoms with Crippen molar-refractivity contribution >= 4 is 11.6 Å². The first-order chi connectivity index (χ1) is 9.72. The Morgan fingerprint density at radius 3 is 2.55 bits per heavy atom. The topological polar surface area (TPSA) is 85.1 Å². The molecule has 4 N–H and O–H groups in total. The Bertz CT molecular complexity index is 397. The summed E-state index contributed by atoms with van der Waals surface area (Å²) in [4.78, 5) is 8.97. The minimum Gasteiger partial charge on any atom is -0.385 e. The van der Waals surface area contributed by atoms with Crippen LogP contribution in [-0.4, -0.2) is 30.2 Å². The third kappa shape index (κ3) is 5.30. The minimum atomic E-state index is 0.699. The Morgan fingerprint density at radius 1 is 1.15 bits per heavy atom. The number of unbranched alkanes of at least 4 members (excludes halogenated alkanes) is 2. The number of aromatic nitrogens is 2. The van der Waals surface area contributed by atoms with Crippen LogP contribution in [0.25, 0.3) is 0 Å². The van der Waals surface area contributed by atoms with E-state index in [1.54, 1.807) is 7.11 Å². The number of nitrogens with two attached hydrogens (primary N) is 1. The zero-order chi connectivity index (χ0) is 14.8. The van der Waals surface area contributed by atoms with Crippen molar-refractivity contribution in [2.45, 2.75) is 46.0 Å². The van der Waals surface area contributed by atoms with Crippen LogP contribution in [0.3, 0.4) is 0 Å². The van der Waals surface area contributed by atoms with Gasteiger partial charge in [-0.2, -0.15) is 0 Å². The van der Waals surface area contributed by atoms with Crippen molar-refractivity contribution in [1.82, 2.24) is 9.97 Å². The van der Waals surface area contributed by atoms with Gasteiger partial charge in [-0.15, -0.1) is 0 Å². The number of nitrogens with zero attached hydrogens (tertiary/aromatic N) is 2. The van der Waals surface area contributed by atoms with Gasteiger partial charge in [-0.25, -0.2) is 15.8 Å². The fourth-order valence-corrected chi connectivity index (χ4v) is 1.97. The average Bonchev–Trinajstić information content (AvgIpc) is 2.45. The molecule has 0 saturated carbocycles. The fraction of sp³-hybridized carbons (Fsp3) is 0.714. The van der Waals surface area contributed by atoms with Gasteiger partial charge in [-0.3, -0.25) is 0 Å². The zero-order valence-electron chi connectivity index (χ0n) is 12.8. The van der Waals surface area contributed by atoms with Crippen LogP contribution in [0, 0.1) is 6.92 Å². The molecule has 0 saturated heterocycles. The zero-order valence-corrected chi connectivity index (χ0v) is 12.8. The predicted octanol–water partition coefficient (Wildman–Crippen LogP) is 2.25.